The third-order valence-electron chi connectivity index (χ3n) is 4.66. The maximum absolute atomic E-state index is 2.43. The predicted octanol–water partition coefficient (Wildman–Crippen LogP) is 9.19. The van der Waals surface area contributed by atoms with Crippen LogP contribution in [0.5, 0.6) is 0 Å². The molecule has 0 bridgehead atoms. The van der Waals surface area contributed by atoms with E-state index in [2.05, 4.69) is 71.8 Å². The van der Waals surface area contributed by atoms with Gasteiger partial charge in [0, 0.05) is 45.9 Å². The van der Waals surface area contributed by atoms with Gasteiger partial charge >= 0.3 is 0 Å². The minimum atomic E-state index is 0.314. The molecular weight excluding hydrogens is 425 g/mol. The van der Waals surface area contributed by atoms with Gasteiger partial charge in [-0.3, -0.25) is 0 Å². The Morgan fingerprint density at radius 3 is 1.96 bits per heavy atom. The second-order valence-electron chi connectivity index (χ2n) is 7.10. The van der Waals surface area contributed by atoms with E-state index >= 15 is 0 Å². The minimum absolute atomic E-state index is 0.314. The summed E-state index contributed by atoms with van der Waals surface area (Å²) in [6.45, 7) is 4.67. The first kappa shape index (κ1) is 18.0. The van der Waals surface area contributed by atoms with Gasteiger partial charge in [0.25, 0.3) is 0 Å². The van der Waals surface area contributed by atoms with Gasteiger partial charge in [-0.1, -0.05) is 26.0 Å². The van der Waals surface area contributed by atoms with E-state index < -0.39 is 0 Å². The molecule has 5 rings (SSSR count). The summed E-state index contributed by atoms with van der Waals surface area (Å²) >= 11 is 9.43. The van der Waals surface area contributed by atoms with Crippen molar-refractivity contribution >= 4 is 62.0 Å². The van der Waals surface area contributed by atoms with E-state index in [1.54, 1.807) is 0 Å². The summed E-state index contributed by atoms with van der Waals surface area (Å²) in [4.78, 5) is 7.03. The van der Waals surface area contributed by atoms with Gasteiger partial charge in [-0.15, -0.1) is 57.1 Å². The van der Waals surface area contributed by atoms with Crippen molar-refractivity contribution in [1.82, 2.24) is 0 Å². The van der Waals surface area contributed by atoms with Crippen molar-refractivity contribution in [2.24, 2.45) is 0 Å². The highest BCUT2D eigenvalue weighted by atomic mass is 32.2. The average Bonchev–Trinajstić information content (AvgIpc) is 3.41. The number of hydrogen-bond donors (Lipinski definition) is 0. The summed E-state index contributed by atoms with van der Waals surface area (Å²) in [6.07, 6.45) is 3.57. The SMILES string of the molecule is CC1(C)CC=C(c2sccc2-c2sccc2-c2sccc2-c2cccs2)S1. The summed E-state index contributed by atoms with van der Waals surface area (Å²) in [5, 5.41) is 8.87. The lowest BCUT2D eigenvalue weighted by atomic mass is 10.1. The van der Waals surface area contributed by atoms with Crippen molar-refractivity contribution in [3.8, 4) is 31.3 Å². The highest BCUT2D eigenvalue weighted by Crippen LogP contribution is 2.52. The van der Waals surface area contributed by atoms with Crippen molar-refractivity contribution in [2.75, 3.05) is 0 Å². The fraction of sp³-hybridized carbons (Fsp3) is 0.182. The molecule has 0 spiro atoms. The van der Waals surface area contributed by atoms with Gasteiger partial charge < -0.3 is 0 Å². The van der Waals surface area contributed by atoms with E-state index in [1.165, 1.54) is 41.1 Å². The molecule has 0 nitrogen and oxygen atoms in total. The van der Waals surface area contributed by atoms with Crippen LogP contribution in [0.4, 0.5) is 0 Å². The molecule has 1 aliphatic heterocycles. The van der Waals surface area contributed by atoms with Crippen LogP contribution in [-0.2, 0) is 0 Å². The standard InChI is InChI=1S/C22H18S5/c1-22(2)9-5-18(27-22)21-16(8-13-26-21)20-15(7-12-25-20)19-14(6-11-24-19)17-4-3-10-23-17/h3-8,10-13H,9H2,1-2H3. The van der Waals surface area contributed by atoms with Crippen molar-refractivity contribution in [3.05, 3.63) is 62.8 Å². The number of thiophene rings is 4. The zero-order chi connectivity index (χ0) is 18.4. The lowest BCUT2D eigenvalue weighted by Gasteiger charge is -2.16. The van der Waals surface area contributed by atoms with Crippen LogP contribution in [0.3, 0.4) is 0 Å². The molecule has 0 fully saturated rings. The highest BCUT2D eigenvalue weighted by Gasteiger charge is 2.28. The number of thioether (sulfide) groups is 1. The Balaban J connectivity index is 1.59. The monoisotopic (exact) mass is 442 g/mol. The molecule has 4 aromatic heterocycles. The molecule has 0 saturated heterocycles. The molecule has 5 heteroatoms. The van der Waals surface area contributed by atoms with Crippen LogP contribution >= 0.6 is 57.1 Å². The van der Waals surface area contributed by atoms with Crippen molar-refractivity contribution < 1.29 is 0 Å². The number of rotatable bonds is 4. The predicted molar refractivity (Wildman–Crippen MR) is 129 cm³/mol. The Morgan fingerprint density at radius 2 is 1.33 bits per heavy atom. The van der Waals surface area contributed by atoms with Gasteiger partial charge in [0.1, 0.15) is 0 Å². The molecule has 0 aromatic carbocycles. The number of hydrogen-bond acceptors (Lipinski definition) is 5. The van der Waals surface area contributed by atoms with Gasteiger partial charge in [0.2, 0.25) is 0 Å². The van der Waals surface area contributed by atoms with Gasteiger partial charge in [-0.05, 0) is 52.2 Å². The molecule has 0 saturated carbocycles. The molecule has 4 aromatic rings. The van der Waals surface area contributed by atoms with Gasteiger partial charge in [0.15, 0.2) is 0 Å². The second kappa shape index (κ2) is 7.05. The van der Waals surface area contributed by atoms with Crippen LogP contribution in [0.2, 0.25) is 0 Å². The van der Waals surface area contributed by atoms with Crippen LogP contribution in [0, 0.1) is 0 Å². The first-order chi connectivity index (χ1) is 13.1. The first-order valence-corrected chi connectivity index (χ1v) is 13.1. The normalized spacial score (nSPS) is 16.0. The molecule has 136 valence electrons. The van der Waals surface area contributed by atoms with Gasteiger partial charge in [-0.25, -0.2) is 0 Å². The molecule has 5 heterocycles. The third-order valence-corrected chi connectivity index (χ3v) is 9.85. The molecule has 0 aliphatic carbocycles. The molecule has 0 unspecified atom stereocenters. The molecule has 0 N–H and O–H groups in total. The van der Waals surface area contributed by atoms with Crippen LogP contribution < -0.4 is 0 Å². The zero-order valence-corrected chi connectivity index (χ0v) is 19.1. The smallest absolute Gasteiger partial charge is 0.0489 e. The lowest BCUT2D eigenvalue weighted by Crippen LogP contribution is -2.07. The maximum Gasteiger partial charge on any atom is 0.0489 e. The maximum atomic E-state index is 2.43. The molecular formula is C22H18S5. The largest absolute Gasteiger partial charge is 0.144 e. The molecule has 0 atom stereocenters. The van der Waals surface area contributed by atoms with E-state index in [0.717, 1.165) is 6.42 Å². The van der Waals surface area contributed by atoms with Crippen LogP contribution in [0.1, 0.15) is 25.1 Å². The topological polar surface area (TPSA) is 0 Å². The van der Waals surface area contributed by atoms with Crippen LogP contribution in [0.25, 0.3) is 36.2 Å². The highest BCUT2D eigenvalue weighted by molar-refractivity contribution is 8.10. The fourth-order valence-electron chi connectivity index (χ4n) is 3.38. The summed E-state index contributed by atoms with van der Waals surface area (Å²) < 4.78 is 0.314. The molecule has 1 aliphatic rings. The second-order valence-corrected chi connectivity index (χ2v) is 12.5. The third kappa shape index (κ3) is 3.30. The lowest BCUT2D eigenvalue weighted by molar-refractivity contribution is 0.740. The van der Waals surface area contributed by atoms with E-state index in [1.807, 2.05) is 57.1 Å². The average molecular weight is 443 g/mol. The summed E-state index contributed by atoms with van der Waals surface area (Å²) in [5.74, 6) is 0. The summed E-state index contributed by atoms with van der Waals surface area (Å²) in [5.41, 5.74) is 4.13. The molecule has 27 heavy (non-hydrogen) atoms. The first-order valence-electron chi connectivity index (χ1n) is 8.79. The van der Waals surface area contributed by atoms with Crippen molar-refractivity contribution in [1.29, 1.82) is 0 Å². The molecule has 0 amide bonds. The van der Waals surface area contributed by atoms with Crippen LogP contribution in [-0.4, -0.2) is 4.75 Å². The van der Waals surface area contributed by atoms with Gasteiger partial charge in [0.05, 0.1) is 0 Å². The molecule has 0 radical (unpaired) electrons. The summed E-state index contributed by atoms with van der Waals surface area (Å²) in [6, 6.07) is 11.2. The minimum Gasteiger partial charge on any atom is -0.144 e. The Hall–Kier alpha value is -1.11. The van der Waals surface area contributed by atoms with Crippen molar-refractivity contribution in [3.63, 3.8) is 0 Å². The Bertz CT molecular complexity index is 1100. The quantitative estimate of drug-likeness (QED) is 0.303. The zero-order valence-electron chi connectivity index (χ0n) is 15.0. The van der Waals surface area contributed by atoms with E-state index in [4.69, 9.17) is 0 Å². The fourth-order valence-corrected chi connectivity index (χ4v) is 8.44. The Labute approximate surface area is 180 Å². The Morgan fingerprint density at radius 1 is 0.704 bits per heavy atom. The van der Waals surface area contributed by atoms with E-state index in [9.17, 15) is 0 Å². The van der Waals surface area contributed by atoms with Gasteiger partial charge in [-0.2, -0.15) is 0 Å². The van der Waals surface area contributed by atoms with E-state index in [0.29, 0.717) is 4.75 Å². The number of allylic oxidation sites excluding steroid dienone is 1. The van der Waals surface area contributed by atoms with Crippen molar-refractivity contribution in [2.45, 2.75) is 25.0 Å². The van der Waals surface area contributed by atoms with E-state index in [-0.39, 0.29) is 0 Å². The summed E-state index contributed by atoms with van der Waals surface area (Å²) in [7, 11) is 0. The van der Waals surface area contributed by atoms with Crippen LogP contribution in [0.15, 0.2) is 57.9 Å². The Kier molecular flexibility index (Phi) is 4.69.